The number of rotatable bonds is 5. The van der Waals surface area contributed by atoms with Crippen molar-refractivity contribution in [1.82, 2.24) is 34.9 Å². The van der Waals surface area contributed by atoms with Crippen LogP contribution in [0.25, 0.3) is 22.4 Å². The lowest BCUT2D eigenvalue weighted by Crippen LogP contribution is -2.56. The van der Waals surface area contributed by atoms with Gasteiger partial charge in [0.2, 0.25) is 5.91 Å². The first kappa shape index (κ1) is 23.0. The van der Waals surface area contributed by atoms with Gasteiger partial charge in [-0.1, -0.05) is 20.8 Å². The summed E-state index contributed by atoms with van der Waals surface area (Å²) in [6.07, 6.45) is 10.6. The molecule has 0 unspecified atom stereocenters. The van der Waals surface area contributed by atoms with Crippen LogP contribution in [0.1, 0.15) is 62.9 Å². The van der Waals surface area contributed by atoms with Crippen molar-refractivity contribution >= 4 is 23.0 Å². The lowest BCUT2D eigenvalue weighted by Gasteiger charge is -2.37. The normalized spacial score (nSPS) is 17.8. The predicted molar refractivity (Wildman–Crippen MR) is 129 cm³/mol. The van der Waals surface area contributed by atoms with Gasteiger partial charge in [-0.05, 0) is 31.1 Å². The smallest absolute Gasteiger partial charge is 0.255 e. The molecule has 0 radical (unpaired) electrons. The maximum atomic E-state index is 13.4. The van der Waals surface area contributed by atoms with E-state index in [0.717, 1.165) is 18.4 Å². The molecular formula is C25H30N8O2. The van der Waals surface area contributed by atoms with E-state index < -0.39 is 11.5 Å². The number of fused-ring (bicyclic) bond motifs is 1. The summed E-state index contributed by atoms with van der Waals surface area (Å²) >= 11 is 0. The molecule has 10 nitrogen and oxygen atoms in total. The van der Waals surface area contributed by atoms with Crippen LogP contribution in [0.15, 0.2) is 24.8 Å². The Bertz CT molecular complexity index is 1300. The molecule has 2 fully saturated rings. The molecule has 2 N–H and O–H groups in total. The number of H-pyrrole nitrogens is 1. The van der Waals surface area contributed by atoms with E-state index in [-0.39, 0.29) is 17.7 Å². The van der Waals surface area contributed by atoms with Gasteiger partial charge >= 0.3 is 0 Å². The fourth-order valence-corrected chi connectivity index (χ4v) is 4.48. The molecule has 1 saturated heterocycles. The Labute approximate surface area is 203 Å². The molecule has 10 heteroatoms. The van der Waals surface area contributed by atoms with E-state index in [2.05, 4.69) is 26.5 Å². The molecule has 1 saturated carbocycles. The van der Waals surface area contributed by atoms with E-state index >= 15 is 0 Å². The zero-order valence-electron chi connectivity index (χ0n) is 20.3. The second-order valence-corrected chi connectivity index (χ2v) is 10.6. The van der Waals surface area contributed by atoms with Crippen LogP contribution in [-0.2, 0) is 4.79 Å². The number of nitrogens with zero attached hydrogens (tertiary/aromatic N) is 6. The Hall–Kier alpha value is -3.74. The number of likely N-dealkylation sites (tertiary alicyclic amines) is 1. The minimum absolute atomic E-state index is 0.0166. The van der Waals surface area contributed by atoms with Crippen molar-refractivity contribution in [3.8, 4) is 17.3 Å². The maximum Gasteiger partial charge on any atom is 0.255 e. The number of amides is 2. The van der Waals surface area contributed by atoms with E-state index in [1.54, 1.807) is 23.5 Å². The summed E-state index contributed by atoms with van der Waals surface area (Å²) in [6, 6.07) is 2.04. The van der Waals surface area contributed by atoms with Crippen LogP contribution in [-0.4, -0.2) is 60.6 Å². The number of carbonyl (C=O) groups excluding carboxylic acids is 2. The quantitative estimate of drug-likeness (QED) is 0.584. The largest absolute Gasteiger partial charge is 0.344 e. The number of hydrogen-bond acceptors (Lipinski definition) is 6. The summed E-state index contributed by atoms with van der Waals surface area (Å²) in [7, 11) is 0. The van der Waals surface area contributed by atoms with Gasteiger partial charge in [-0.2, -0.15) is 10.4 Å². The highest BCUT2D eigenvalue weighted by Crippen LogP contribution is 2.35. The van der Waals surface area contributed by atoms with Crippen LogP contribution in [0.5, 0.6) is 0 Å². The first-order valence-electron chi connectivity index (χ1n) is 12.1. The van der Waals surface area contributed by atoms with Gasteiger partial charge in [0.25, 0.3) is 5.91 Å². The van der Waals surface area contributed by atoms with Crippen molar-refractivity contribution < 1.29 is 9.59 Å². The van der Waals surface area contributed by atoms with Crippen LogP contribution < -0.4 is 5.32 Å². The van der Waals surface area contributed by atoms with E-state index in [0.29, 0.717) is 54.4 Å². The average molecular weight is 475 g/mol. The van der Waals surface area contributed by atoms with Crippen molar-refractivity contribution in [1.29, 1.82) is 5.26 Å². The third kappa shape index (κ3) is 4.63. The predicted octanol–water partition coefficient (Wildman–Crippen LogP) is 3.06. The van der Waals surface area contributed by atoms with Gasteiger partial charge in [0, 0.05) is 37.0 Å². The molecule has 1 aliphatic carbocycles. The van der Waals surface area contributed by atoms with Gasteiger partial charge in [-0.3, -0.25) is 14.3 Å². The first-order valence-corrected chi connectivity index (χ1v) is 12.1. The number of hydrogen-bond donors (Lipinski definition) is 2. The summed E-state index contributed by atoms with van der Waals surface area (Å²) in [5, 5.41) is 16.5. The number of nitriles is 1. The van der Waals surface area contributed by atoms with Gasteiger partial charge in [0.15, 0.2) is 5.65 Å². The third-order valence-electron chi connectivity index (χ3n) is 6.82. The highest BCUT2D eigenvalue weighted by molar-refractivity contribution is 6.06. The minimum Gasteiger partial charge on any atom is -0.344 e. The van der Waals surface area contributed by atoms with E-state index in [1.165, 1.54) is 0 Å². The van der Waals surface area contributed by atoms with Crippen molar-refractivity contribution in [2.45, 2.75) is 58.5 Å². The summed E-state index contributed by atoms with van der Waals surface area (Å²) in [5.41, 5.74) is 2.29. The average Bonchev–Trinajstić information content (AvgIpc) is 3.42. The molecule has 0 aromatic carbocycles. The summed E-state index contributed by atoms with van der Waals surface area (Å²) in [6.45, 7) is 6.85. The number of piperidine rings is 1. The zero-order chi connectivity index (χ0) is 24.7. The molecule has 1 atom stereocenters. The Morgan fingerprint density at radius 3 is 2.60 bits per heavy atom. The standard InChI is InChI=1S/C25H30N8O2/c1-25(2,3)21(24(35)32-8-6-15(10-26)7-9-32)31-23(34)18-12-27-22-20(18)30-19(13-28-22)16-11-29-33(14-16)17-4-5-17/h11-15,17,21H,4-9H2,1-3H3,(H,27,28)(H,31,34)/t21-/m0/s1. The highest BCUT2D eigenvalue weighted by atomic mass is 16.2. The molecule has 1 aliphatic heterocycles. The Morgan fingerprint density at radius 2 is 1.94 bits per heavy atom. The van der Waals surface area contributed by atoms with Gasteiger partial charge in [-0.15, -0.1) is 0 Å². The molecule has 4 heterocycles. The first-order chi connectivity index (χ1) is 16.7. The molecule has 0 bridgehead atoms. The van der Waals surface area contributed by atoms with E-state index in [4.69, 9.17) is 10.2 Å². The second-order valence-electron chi connectivity index (χ2n) is 10.6. The van der Waals surface area contributed by atoms with Crippen LogP contribution >= 0.6 is 0 Å². The summed E-state index contributed by atoms with van der Waals surface area (Å²) < 4.78 is 1.95. The molecule has 2 aliphatic rings. The van der Waals surface area contributed by atoms with Crippen molar-refractivity contribution in [3.05, 3.63) is 30.4 Å². The van der Waals surface area contributed by atoms with Crippen molar-refractivity contribution in [2.24, 2.45) is 11.3 Å². The lowest BCUT2D eigenvalue weighted by atomic mass is 9.85. The molecule has 35 heavy (non-hydrogen) atoms. The molecule has 3 aromatic rings. The van der Waals surface area contributed by atoms with Crippen molar-refractivity contribution in [3.63, 3.8) is 0 Å². The Morgan fingerprint density at radius 1 is 1.20 bits per heavy atom. The van der Waals surface area contributed by atoms with Crippen molar-refractivity contribution in [2.75, 3.05) is 13.1 Å². The van der Waals surface area contributed by atoms with Crippen LogP contribution in [0, 0.1) is 22.7 Å². The van der Waals surface area contributed by atoms with E-state index in [1.807, 2.05) is 31.6 Å². The fourth-order valence-electron chi connectivity index (χ4n) is 4.48. The lowest BCUT2D eigenvalue weighted by molar-refractivity contribution is -0.137. The number of nitrogens with one attached hydrogen (secondary N) is 2. The molecular weight excluding hydrogens is 444 g/mol. The SMILES string of the molecule is CC(C)(C)[C@@H](NC(=O)c1c[nH]c2ncc(-c3cnn(C4CC4)c3)nc12)C(=O)N1CCC(C#N)CC1. The van der Waals surface area contributed by atoms with Gasteiger partial charge in [0.05, 0.1) is 35.8 Å². The Balaban J connectivity index is 1.37. The van der Waals surface area contributed by atoms with Crippen LogP contribution in [0.2, 0.25) is 0 Å². The number of aromatic amines is 1. The van der Waals surface area contributed by atoms with Gasteiger partial charge in [0.1, 0.15) is 11.6 Å². The monoisotopic (exact) mass is 474 g/mol. The third-order valence-corrected chi connectivity index (χ3v) is 6.82. The Kier molecular flexibility index (Phi) is 5.79. The fraction of sp³-hybridized carbons (Fsp3) is 0.520. The summed E-state index contributed by atoms with van der Waals surface area (Å²) in [5.74, 6) is -0.519. The molecule has 3 aromatic heterocycles. The maximum absolute atomic E-state index is 13.4. The second kappa shape index (κ2) is 8.80. The van der Waals surface area contributed by atoms with Crippen LogP contribution in [0.3, 0.4) is 0 Å². The zero-order valence-corrected chi connectivity index (χ0v) is 20.3. The van der Waals surface area contributed by atoms with Gasteiger partial charge in [-0.25, -0.2) is 9.97 Å². The minimum atomic E-state index is -0.716. The van der Waals surface area contributed by atoms with E-state index in [9.17, 15) is 9.59 Å². The van der Waals surface area contributed by atoms with Crippen LogP contribution in [0.4, 0.5) is 0 Å². The number of carbonyl (C=O) groups is 2. The molecule has 0 spiro atoms. The summed E-state index contributed by atoms with van der Waals surface area (Å²) in [4.78, 5) is 40.7. The van der Waals surface area contributed by atoms with Gasteiger partial charge < -0.3 is 15.2 Å². The molecule has 2 amide bonds. The topological polar surface area (TPSA) is 133 Å². The molecule has 5 rings (SSSR count). The highest BCUT2D eigenvalue weighted by Gasteiger charge is 2.37. The number of aromatic nitrogens is 5. The molecule has 182 valence electrons.